The van der Waals surface area contributed by atoms with Gasteiger partial charge < -0.3 is 28.4 Å². The van der Waals surface area contributed by atoms with Gasteiger partial charge in [-0.05, 0) is 42.0 Å². The zero-order valence-corrected chi connectivity index (χ0v) is 18.7. The third kappa shape index (κ3) is 6.03. The summed E-state index contributed by atoms with van der Waals surface area (Å²) in [6.45, 7) is 3.38. The summed E-state index contributed by atoms with van der Waals surface area (Å²) in [7, 11) is 2.78. The second kappa shape index (κ2) is 10.1. The summed E-state index contributed by atoms with van der Waals surface area (Å²) in [4.78, 5) is 35.8. The lowest BCUT2D eigenvalue weighted by atomic mass is 10.1. The number of benzene rings is 2. The van der Waals surface area contributed by atoms with Crippen LogP contribution in [0.4, 0.5) is 0 Å². The molecule has 0 spiro atoms. The fourth-order valence-corrected chi connectivity index (χ4v) is 2.98. The first kappa shape index (κ1) is 23.6. The van der Waals surface area contributed by atoms with Gasteiger partial charge in [0.15, 0.2) is 11.5 Å². The first-order chi connectivity index (χ1) is 15.7. The highest BCUT2D eigenvalue weighted by molar-refractivity contribution is 6.18. The Morgan fingerprint density at radius 1 is 0.939 bits per heavy atom. The molecule has 0 aromatic heterocycles. The molecule has 33 heavy (non-hydrogen) atoms. The first-order valence-corrected chi connectivity index (χ1v) is 10.0. The quantitative estimate of drug-likeness (QED) is 0.256. The molecule has 0 amide bonds. The highest BCUT2D eigenvalue weighted by Crippen LogP contribution is 2.30. The second-order valence-electron chi connectivity index (χ2n) is 7.36. The fourth-order valence-electron chi connectivity index (χ4n) is 2.98. The van der Waals surface area contributed by atoms with Gasteiger partial charge in [-0.15, -0.1) is 0 Å². The average molecular weight is 456 g/mol. The molecule has 9 heteroatoms. The van der Waals surface area contributed by atoms with Crippen LogP contribution in [0.15, 0.2) is 48.0 Å². The summed E-state index contributed by atoms with van der Waals surface area (Å²) in [5, 5.41) is 0. The van der Waals surface area contributed by atoms with Gasteiger partial charge >= 0.3 is 17.9 Å². The predicted octanol–water partition coefficient (Wildman–Crippen LogP) is 3.16. The maximum atomic E-state index is 12.1. The number of carbonyl (C=O) groups excluding carboxylic acids is 3. The van der Waals surface area contributed by atoms with Gasteiger partial charge in [0.05, 0.1) is 19.8 Å². The molecule has 0 unspecified atom stereocenters. The van der Waals surface area contributed by atoms with Crippen molar-refractivity contribution in [2.45, 2.75) is 19.6 Å². The van der Waals surface area contributed by atoms with Gasteiger partial charge in [-0.1, -0.05) is 12.1 Å². The number of rotatable bonds is 8. The van der Waals surface area contributed by atoms with E-state index in [0.29, 0.717) is 28.4 Å². The Kier molecular flexibility index (Phi) is 7.22. The second-order valence-corrected chi connectivity index (χ2v) is 7.36. The molecule has 1 saturated heterocycles. The largest absolute Gasteiger partial charge is 0.493 e. The van der Waals surface area contributed by atoms with Crippen molar-refractivity contribution in [3.63, 3.8) is 0 Å². The van der Waals surface area contributed by atoms with Gasteiger partial charge in [-0.2, -0.15) is 0 Å². The van der Waals surface area contributed by atoms with Gasteiger partial charge in [0.25, 0.3) is 5.79 Å². The van der Waals surface area contributed by atoms with E-state index in [-0.39, 0.29) is 18.8 Å². The summed E-state index contributed by atoms with van der Waals surface area (Å²) in [5.74, 6) is -1.92. The molecule has 2 aromatic rings. The van der Waals surface area contributed by atoms with Crippen LogP contribution >= 0.6 is 0 Å². The lowest BCUT2D eigenvalue weighted by Gasteiger charge is -2.29. The minimum Gasteiger partial charge on any atom is -0.493 e. The van der Waals surface area contributed by atoms with Gasteiger partial charge in [0, 0.05) is 13.8 Å². The van der Waals surface area contributed by atoms with Gasteiger partial charge in [0.1, 0.15) is 24.5 Å². The molecule has 1 fully saturated rings. The lowest BCUT2D eigenvalue weighted by molar-refractivity contribution is -0.222. The van der Waals surface area contributed by atoms with Crippen molar-refractivity contribution in [2.24, 2.45) is 0 Å². The molecule has 0 bridgehead atoms. The van der Waals surface area contributed by atoms with E-state index < -0.39 is 23.7 Å². The highest BCUT2D eigenvalue weighted by Gasteiger charge is 2.38. The number of hydrogen-bond acceptors (Lipinski definition) is 9. The van der Waals surface area contributed by atoms with Crippen LogP contribution in [-0.4, -0.2) is 51.1 Å². The van der Waals surface area contributed by atoms with Gasteiger partial charge in [-0.25, -0.2) is 14.4 Å². The molecular formula is C24H24O9. The molecule has 3 rings (SSSR count). The smallest absolute Gasteiger partial charge is 0.348 e. The van der Waals surface area contributed by atoms with E-state index in [0.717, 1.165) is 0 Å². The number of cyclic esters (lactones) is 2. The van der Waals surface area contributed by atoms with Crippen molar-refractivity contribution in [3.8, 4) is 17.2 Å². The van der Waals surface area contributed by atoms with E-state index in [1.165, 1.54) is 34.1 Å². The number of methoxy groups -OCH3 is 2. The third-order valence-corrected chi connectivity index (χ3v) is 4.48. The summed E-state index contributed by atoms with van der Waals surface area (Å²) in [5.41, 5.74) is 0.697. The van der Waals surface area contributed by atoms with Crippen LogP contribution in [0.1, 0.15) is 29.8 Å². The molecule has 9 nitrogen and oxygen atoms in total. The predicted molar refractivity (Wildman–Crippen MR) is 116 cm³/mol. The number of hydrogen-bond donors (Lipinski definition) is 0. The minimum absolute atomic E-state index is 0.201. The lowest BCUT2D eigenvalue weighted by Crippen LogP contribution is -2.41. The molecule has 1 heterocycles. The molecular weight excluding hydrogens is 432 g/mol. The number of carbonyl (C=O) groups is 3. The Labute approximate surface area is 190 Å². The Bertz CT molecular complexity index is 1060. The van der Waals surface area contributed by atoms with Gasteiger partial charge in [-0.3, -0.25) is 0 Å². The third-order valence-electron chi connectivity index (χ3n) is 4.48. The summed E-state index contributed by atoms with van der Waals surface area (Å²) < 4.78 is 31.6. The summed E-state index contributed by atoms with van der Waals surface area (Å²) >= 11 is 0. The van der Waals surface area contributed by atoms with E-state index in [1.807, 2.05) is 0 Å². The van der Waals surface area contributed by atoms with Crippen LogP contribution in [0.2, 0.25) is 0 Å². The topological polar surface area (TPSA) is 107 Å². The van der Waals surface area contributed by atoms with Crippen molar-refractivity contribution >= 4 is 24.0 Å². The minimum atomic E-state index is -1.30. The van der Waals surface area contributed by atoms with Crippen molar-refractivity contribution < 1.29 is 42.8 Å². The molecule has 2 aromatic carbocycles. The van der Waals surface area contributed by atoms with E-state index in [2.05, 4.69) is 0 Å². The zero-order chi connectivity index (χ0) is 24.0. The van der Waals surface area contributed by atoms with Crippen LogP contribution in [0.3, 0.4) is 0 Å². The van der Waals surface area contributed by atoms with Gasteiger partial charge in [0.2, 0.25) is 0 Å². The molecule has 174 valence electrons. The molecule has 1 aliphatic rings. The molecule has 0 N–H and O–H groups in total. The monoisotopic (exact) mass is 456 g/mol. The van der Waals surface area contributed by atoms with Crippen LogP contribution in [-0.2, 0) is 23.8 Å². The summed E-state index contributed by atoms with van der Waals surface area (Å²) in [6, 6.07) is 11.5. The maximum absolute atomic E-state index is 12.1. The number of ether oxygens (including phenoxy) is 6. The standard InChI is InChI=1S/C24H24O9/c1-24(2)32-22(26)18(23(27)33-24)12-15-8-9-19(20(13-15)28-3)31-11-10-30-17-7-5-6-16(14-17)21(25)29-4/h5-9,12-14H,10-11H2,1-4H3. The molecule has 0 radical (unpaired) electrons. The van der Waals surface area contributed by atoms with Crippen LogP contribution in [0, 0.1) is 0 Å². The Balaban J connectivity index is 1.62. The molecule has 0 aliphatic carbocycles. The fraction of sp³-hybridized carbons (Fsp3) is 0.292. The van der Waals surface area contributed by atoms with Crippen molar-refractivity contribution in [3.05, 3.63) is 59.2 Å². The van der Waals surface area contributed by atoms with Crippen molar-refractivity contribution in [2.75, 3.05) is 27.4 Å². The van der Waals surface area contributed by atoms with E-state index in [9.17, 15) is 14.4 Å². The zero-order valence-electron chi connectivity index (χ0n) is 18.7. The van der Waals surface area contributed by atoms with Crippen molar-refractivity contribution in [1.82, 2.24) is 0 Å². The molecule has 0 saturated carbocycles. The van der Waals surface area contributed by atoms with Crippen LogP contribution in [0.25, 0.3) is 6.08 Å². The van der Waals surface area contributed by atoms with Crippen LogP contribution in [0.5, 0.6) is 17.2 Å². The van der Waals surface area contributed by atoms with Crippen molar-refractivity contribution in [1.29, 1.82) is 0 Å². The van der Waals surface area contributed by atoms with Crippen LogP contribution < -0.4 is 14.2 Å². The highest BCUT2D eigenvalue weighted by atomic mass is 16.7. The normalized spacial score (nSPS) is 14.6. The SMILES string of the molecule is COC(=O)c1cccc(OCCOc2ccc(C=C3C(=O)OC(C)(C)OC3=O)cc2OC)c1. The summed E-state index contributed by atoms with van der Waals surface area (Å²) in [6.07, 6.45) is 1.36. The Hall–Kier alpha value is -4.01. The maximum Gasteiger partial charge on any atom is 0.348 e. The van der Waals surface area contributed by atoms with E-state index in [4.69, 9.17) is 28.4 Å². The molecule has 0 atom stereocenters. The molecule has 1 aliphatic heterocycles. The Morgan fingerprint density at radius 2 is 1.64 bits per heavy atom. The average Bonchev–Trinajstić information content (AvgIpc) is 2.78. The van der Waals surface area contributed by atoms with E-state index in [1.54, 1.807) is 42.5 Å². The first-order valence-electron chi connectivity index (χ1n) is 10.0. The van der Waals surface area contributed by atoms with E-state index >= 15 is 0 Å². The Morgan fingerprint density at radius 3 is 2.30 bits per heavy atom. The number of esters is 3.